The van der Waals surface area contributed by atoms with Crippen LogP contribution >= 0.6 is 11.8 Å². The van der Waals surface area contributed by atoms with Crippen LogP contribution in [-0.2, 0) is 6.54 Å². The molecule has 5 heteroatoms. The molecule has 1 fully saturated rings. The van der Waals surface area contributed by atoms with Crippen molar-refractivity contribution in [3.05, 3.63) is 66.6 Å². The Morgan fingerprint density at radius 2 is 1.74 bits per heavy atom. The van der Waals surface area contributed by atoms with Crippen molar-refractivity contribution in [2.24, 2.45) is 0 Å². The molecule has 4 nitrogen and oxygen atoms in total. The van der Waals surface area contributed by atoms with Gasteiger partial charge in [-0.3, -0.25) is 9.88 Å². The van der Waals surface area contributed by atoms with E-state index < -0.39 is 0 Å². The van der Waals surface area contributed by atoms with E-state index in [0.717, 1.165) is 18.2 Å². The number of anilines is 2. The van der Waals surface area contributed by atoms with Crippen molar-refractivity contribution in [2.45, 2.75) is 24.3 Å². The van der Waals surface area contributed by atoms with Crippen LogP contribution in [-0.4, -0.2) is 33.8 Å². The van der Waals surface area contributed by atoms with Gasteiger partial charge in [-0.15, -0.1) is 11.8 Å². The van der Waals surface area contributed by atoms with Crippen LogP contribution < -0.4 is 4.90 Å². The molecular formula is C22H22N4S. The van der Waals surface area contributed by atoms with Gasteiger partial charge in [-0.1, -0.05) is 6.07 Å². The lowest BCUT2D eigenvalue weighted by atomic mass is 10.1. The zero-order valence-corrected chi connectivity index (χ0v) is 16.0. The van der Waals surface area contributed by atoms with Crippen LogP contribution in [0.2, 0.25) is 0 Å². The van der Waals surface area contributed by atoms with Gasteiger partial charge < -0.3 is 4.90 Å². The molecule has 4 heterocycles. The molecule has 0 spiro atoms. The van der Waals surface area contributed by atoms with E-state index in [4.69, 9.17) is 0 Å². The normalized spacial score (nSPS) is 16.7. The predicted octanol–water partition coefficient (Wildman–Crippen LogP) is 4.94. The molecule has 136 valence electrons. The minimum Gasteiger partial charge on any atom is -0.315 e. The van der Waals surface area contributed by atoms with Crippen molar-refractivity contribution >= 4 is 23.3 Å². The van der Waals surface area contributed by atoms with Gasteiger partial charge in [-0.2, -0.15) is 0 Å². The summed E-state index contributed by atoms with van der Waals surface area (Å²) in [5.41, 5.74) is 5.05. The first kappa shape index (κ1) is 16.8. The number of aromatic nitrogens is 2. The molecule has 3 aromatic rings. The Morgan fingerprint density at radius 3 is 2.59 bits per heavy atom. The maximum absolute atomic E-state index is 4.66. The van der Waals surface area contributed by atoms with E-state index in [1.807, 2.05) is 30.4 Å². The van der Waals surface area contributed by atoms with Crippen molar-refractivity contribution in [1.82, 2.24) is 14.9 Å². The van der Waals surface area contributed by atoms with E-state index >= 15 is 0 Å². The third-order valence-electron chi connectivity index (χ3n) is 5.30. The molecule has 0 amide bonds. The van der Waals surface area contributed by atoms with Crippen LogP contribution in [0.4, 0.5) is 11.5 Å². The molecule has 0 radical (unpaired) electrons. The summed E-state index contributed by atoms with van der Waals surface area (Å²) >= 11 is 1.88. The highest BCUT2D eigenvalue weighted by atomic mass is 32.2. The second kappa shape index (κ2) is 7.33. The summed E-state index contributed by atoms with van der Waals surface area (Å²) < 4.78 is 0. The van der Waals surface area contributed by atoms with Gasteiger partial charge in [-0.25, -0.2) is 4.98 Å². The van der Waals surface area contributed by atoms with Crippen LogP contribution in [0.1, 0.15) is 18.4 Å². The molecule has 0 bridgehead atoms. The molecule has 0 N–H and O–H groups in total. The number of benzene rings is 1. The first-order valence-electron chi connectivity index (χ1n) is 9.49. The number of hydrogen-bond acceptors (Lipinski definition) is 5. The van der Waals surface area contributed by atoms with Crippen LogP contribution in [0.15, 0.2) is 66.0 Å². The van der Waals surface area contributed by atoms with Crippen molar-refractivity contribution in [3.63, 3.8) is 0 Å². The number of hydrogen-bond donors (Lipinski definition) is 0. The largest absolute Gasteiger partial charge is 0.315 e. The molecule has 0 aliphatic carbocycles. The van der Waals surface area contributed by atoms with Gasteiger partial charge in [0.1, 0.15) is 5.82 Å². The SMILES string of the molecule is c1cc(-c2ccc3c(c2)SCN3c2cc(CN3CCCC3)ccn2)ccn1. The summed E-state index contributed by atoms with van der Waals surface area (Å²) in [6.45, 7) is 3.47. The van der Waals surface area contributed by atoms with E-state index in [1.165, 1.54) is 53.2 Å². The summed E-state index contributed by atoms with van der Waals surface area (Å²) in [5, 5.41) is 0. The first-order chi connectivity index (χ1) is 13.4. The fourth-order valence-electron chi connectivity index (χ4n) is 3.88. The summed E-state index contributed by atoms with van der Waals surface area (Å²) in [6, 6.07) is 15.2. The zero-order valence-electron chi connectivity index (χ0n) is 15.2. The van der Waals surface area contributed by atoms with E-state index in [-0.39, 0.29) is 0 Å². The van der Waals surface area contributed by atoms with Crippen molar-refractivity contribution < 1.29 is 0 Å². The second-order valence-corrected chi connectivity index (χ2v) is 8.11. The fourth-order valence-corrected chi connectivity index (χ4v) is 4.95. The topological polar surface area (TPSA) is 32.3 Å². The lowest BCUT2D eigenvalue weighted by Gasteiger charge is -2.20. The Labute approximate surface area is 164 Å². The Balaban J connectivity index is 1.40. The number of thioether (sulfide) groups is 1. The van der Waals surface area contributed by atoms with Crippen LogP contribution in [0, 0.1) is 0 Å². The van der Waals surface area contributed by atoms with Gasteiger partial charge in [0, 0.05) is 30.0 Å². The van der Waals surface area contributed by atoms with E-state index in [0.29, 0.717) is 0 Å². The lowest BCUT2D eigenvalue weighted by molar-refractivity contribution is 0.331. The Bertz CT molecular complexity index is 938. The van der Waals surface area contributed by atoms with Gasteiger partial charge in [-0.05, 0) is 79.0 Å². The van der Waals surface area contributed by atoms with Crippen molar-refractivity contribution in [1.29, 1.82) is 0 Å². The van der Waals surface area contributed by atoms with Gasteiger partial charge in [0.2, 0.25) is 0 Å². The summed E-state index contributed by atoms with van der Waals surface area (Å²) in [4.78, 5) is 14.9. The van der Waals surface area contributed by atoms with Gasteiger partial charge in [0.15, 0.2) is 0 Å². The summed E-state index contributed by atoms with van der Waals surface area (Å²) in [5.74, 6) is 1.96. The van der Waals surface area contributed by atoms with Crippen LogP contribution in [0.3, 0.4) is 0 Å². The van der Waals surface area contributed by atoms with Crippen LogP contribution in [0.5, 0.6) is 0 Å². The molecule has 2 aliphatic rings. The van der Waals surface area contributed by atoms with Crippen LogP contribution in [0.25, 0.3) is 11.1 Å². The molecular weight excluding hydrogens is 352 g/mol. The highest BCUT2D eigenvalue weighted by molar-refractivity contribution is 7.99. The quantitative estimate of drug-likeness (QED) is 0.646. The smallest absolute Gasteiger partial charge is 0.134 e. The monoisotopic (exact) mass is 374 g/mol. The van der Waals surface area contributed by atoms with Gasteiger partial charge >= 0.3 is 0 Å². The lowest BCUT2D eigenvalue weighted by Crippen LogP contribution is -2.19. The number of fused-ring (bicyclic) bond motifs is 1. The van der Waals surface area contributed by atoms with Gasteiger partial charge in [0.05, 0.1) is 11.6 Å². The Morgan fingerprint density at radius 1 is 0.889 bits per heavy atom. The van der Waals surface area contributed by atoms with E-state index in [9.17, 15) is 0 Å². The molecule has 5 rings (SSSR count). The molecule has 2 aliphatic heterocycles. The van der Waals surface area contributed by atoms with Crippen molar-refractivity contribution in [3.8, 4) is 11.1 Å². The summed E-state index contributed by atoms with van der Waals surface area (Å²) in [6.07, 6.45) is 8.30. The maximum atomic E-state index is 4.66. The number of pyridine rings is 2. The van der Waals surface area contributed by atoms with Crippen molar-refractivity contribution in [2.75, 3.05) is 23.9 Å². The number of rotatable bonds is 4. The van der Waals surface area contributed by atoms with Gasteiger partial charge in [0.25, 0.3) is 0 Å². The molecule has 1 aromatic carbocycles. The average Bonchev–Trinajstić information content (AvgIpc) is 3.38. The molecule has 0 saturated carbocycles. The standard InChI is InChI=1S/C22H22N4S/c1-2-12-25(11-1)15-17-5-10-24-22(13-17)26-16-27-21-14-19(3-4-20(21)26)18-6-8-23-9-7-18/h3-10,13-14H,1-2,11-12,15-16H2. The molecule has 0 atom stereocenters. The number of nitrogens with zero attached hydrogens (tertiary/aromatic N) is 4. The molecule has 2 aromatic heterocycles. The molecule has 1 saturated heterocycles. The van der Waals surface area contributed by atoms with E-state index in [1.54, 1.807) is 0 Å². The zero-order chi connectivity index (χ0) is 18.1. The minimum absolute atomic E-state index is 0.912. The molecule has 27 heavy (non-hydrogen) atoms. The fraction of sp³-hybridized carbons (Fsp3) is 0.273. The third-order valence-corrected chi connectivity index (χ3v) is 6.33. The van der Waals surface area contributed by atoms with E-state index in [2.05, 4.69) is 62.2 Å². The highest BCUT2D eigenvalue weighted by Gasteiger charge is 2.23. The summed E-state index contributed by atoms with van der Waals surface area (Å²) in [7, 11) is 0. The minimum atomic E-state index is 0.912. The third kappa shape index (κ3) is 3.45. The molecule has 0 unspecified atom stereocenters. The number of likely N-dealkylation sites (tertiary alicyclic amines) is 1. The second-order valence-electron chi connectivity index (χ2n) is 7.13. The Hall–Kier alpha value is -2.37. The average molecular weight is 375 g/mol. The maximum Gasteiger partial charge on any atom is 0.134 e. The Kier molecular flexibility index (Phi) is 4.56. The predicted molar refractivity (Wildman–Crippen MR) is 111 cm³/mol. The highest BCUT2D eigenvalue weighted by Crippen LogP contribution is 2.44. The first-order valence-corrected chi connectivity index (χ1v) is 10.5.